The molecule has 0 heterocycles. The summed E-state index contributed by atoms with van der Waals surface area (Å²) in [5.41, 5.74) is 4.54. The Labute approximate surface area is 180 Å². The number of rotatable bonds is 9. The summed E-state index contributed by atoms with van der Waals surface area (Å²) in [5.74, 6) is 0.772. The Balaban J connectivity index is 1.64. The zero-order chi connectivity index (χ0) is 21.2. The maximum atomic E-state index is 12.6. The zero-order valence-electron chi connectivity index (χ0n) is 16.3. The molecule has 1 amide bonds. The molecule has 0 aliphatic heterocycles. The number of carbonyl (C=O) groups is 1. The third-order valence-corrected chi connectivity index (χ3v) is 4.45. The molecule has 3 aromatic carbocycles. The number of para-hydroxylation sites is 1. The number of hydrogen-bond acceptors (Lipinski definition) is 4. The molecule has 3 aromatic rings. The van der Waals surface area contributed by atoms with E-state index in [0.717, 1.165) is 11.1 Å². The van der Waals surface area contributed by atoms with Crippen molar-refractivity contribution in [1.29, 1.82) is 0 Å². The molecule has 0 unspecified atom stereocenters. The molecule has 0 radical (unpaired) electrons. The van der Waals surface area contributed by atoms with Crippen molar-refractivity contribution in [2.45, 2.75) is 6.61 Å². The molecule has 0 aliphatic rings. The van der Waals surface area contributed by atoms with Crippen LogP contribution in [0.25, 0.3) is 0 Å². The van der Waals surface area contributed by atoms with Gasteiger partial charge in [-0.2, -0.15) is 5.10 Å². The lowest BCUT2D eigenvalue weighted by Gasteiger charge is -2.11. The van der Waals surface area contributed by atoms with Crippen molar-refractivity contribution in [3.8, 4) is 11.5 Å². The molecule has 6 heteroatoms. The van der Waals surface area contributed by atoms with E-state index in [1.165, 1.54) is 0 Å². The summed E-state index contributed by atoms with van der Waals surface area (Å²) in [6, 6.07) is 21.8. The fourth-order valence-corrected chi connectivity index (χ4v) is 2.81. The van der Waals surface area contributed by atoms with Gasteiger partial charge in [0.15, 0.2) is 0 Å². The van der Waals surface area contributed by atoms with E-state index in [9.17, 15) is 4.79 Å². The van der Waals surface area contributed by atoms with Gasteiger partial charge in [-0.15, -0.1) is 0 Å². The van der Waals surface area contributed by atoms with Crippen LogP contribution in [0, 0.1) is 0 Å². The lowest BCUT2D eigenvalue weighted by molar-refractivity contribution is 0.0950. The Bertz CT molecular complexity index is 1050. The summed E-state index contributed by atoms with van der Waals surface area (Å²) in [6.45, 7) is 4.30. The Hall–Kier alpha value is -3.57. The zero-order valence-corrected chi connectivity index (χ0v) is 17.0. The minimum absolute atomic E-state index is 0.255. The molecular formula is C24H21ClN2O3. The quantitative estimate of drug-likeness (QED) is 0.292. The van der Waals surface area contributed by atoms with Crippen molar-refractivity contribution < 1.29 is 14.3 Å². The van der Waals surface area contributed by atoms with E-state index in [4.69, 9.17) is 21.1 Å². The van der Waals surface area contributed by atoms with E-state index in [1.807, 2.05) is 42.5 Å². The van der Waals surface area contributed by atoms with E-state index in [1.54, 1.807) is 42.6 Å². The molecule has 0 atom stereocenters. The average Bonchev–Trinajstić information content (AvgIpc) is 2.77. The lowest BCUT2D eigenvalue weighted by atomic mass is 10.2. The highest BCUT2D eigenvalue weighted by Gasteiger charge is 2.12. The van der Waals surface area contributed by atoms with Crippen LogP contribution in [0.4, 0.5) is 0 Å². The number of nitrogens with one attached hydrogen (secondary N) is 1. The van der Waals surface area contributed by atoms with Crippen molar-refractivity contribution in [3.05, 3.63) is 107 Å². The number of hydrogen-bond donors (Lipinski definition) is 1. The number of hydrazone groups is 1. The van der Waals surface area contributed by atoms with Gasteiger partial charge in [-0.1, -0.05) is 66.7 Å². The minimum atomic E-state index is -0.375. The molecule has 1 N–H and O–H groups in total. The van der Waals surface area contributed by atoms with Crippen LogP contribution in [0.2, 0.25) is 5.02 Å². The third kappa shape index (κ3) is 5.96. The average molecular weight is 421 g/mol. The van der Waals surface area contributed by atoms with Crippen LogP contribution in [-0.4, -0.2) is 18.7 Å². The highest BCUT2D eigenvalue weighted by atomic mass is 35.5. The second-order valence-corrected chi connectivity index (χ2v) is 6.65. The number of halogens is 1. The fourth-order valence-electron chi connectivity index (χ4n) is 2.62. The van der Waals surface area contributed by atoms with Crippen LogP contribution >= 0.6 is 11.6 Å². The minimum Gasteiger partial charge on any atom is -0.490 e. The number of carbonyl (C=O) groups excluding carboxylic acids is 1. The molecule has 0 spiro atoms. The molecule has 0 aliphatic carbocycles. The molecule has 30 heavy (non-hydrogen) atoms. The molecule has 3 rings (SSSR count). The van der Waals surface area contributed by atoms with Gasteiger partial charge in [0.1, 0.15) is 24.7 Å². The van der Waals surface area contributed by atoms with Gasteiger partial charge in [0.25, 0.3) is 5.91 Å². The highest BCUT2D eigenvalue weighted by Crippen LogP contribution is 2.22. The van der Waals surface area contributed by atoms with Gasteiger partial charge in [-0.25, -0.2) is 5.43 Å². The van der Waals surface area contributed by atoms with Crippen LogP contribution in [0.5, 0.6) is 11.5 Å². The first-order valence-corrected chi connectivity index (χ1v) is 9.67. The summed E-state index contributed by atoms with van der Waals surface area (Å²) < 4.78 is 11.3. The van der Waals surface area contributed by atoms with Crippen LogP contribution in [0.3, 0.4) is 0 Å². The molecule has 0 fully saturated rings. The number of amides is 1. The summed E-state index contributed by atoms with van der Waals surface area (Å²) >= 11 is 6.17. The highest BCUT2D eigenvalue weighted by molar-refractivity contribution is 6.31. The Morgan fingerprint density at radius 2 is 1.83 bits per heavy atom. The van der Waals surface area contributed by atoms with Gasteiger partial charge in [-0.3, -0.25) is 4.79 Å². The van der Waals surface area contributed by atoms with Gasteiger partial charge in [0.2, 0.25) is 0 Å². The first-order valence-electron chi connectivity index (χ1n) is 9.30. The Morgan fingerprint density at radius 3 is 2.67 bits per heavy atom. The van der Waals surface area contributed by atoms with Crippen LogP contribution in [-0.2, 0) is 6.61 Å². The number of nitrogens with zero attached hydrogens (tertiary/aromatic N) is 1. The normalized spacial score (nSPS) is 10.6. The smallest absolute Gasteiger partial charge is 0.275 e. The monoisotopic (exact) mass is 420 g/mol. The van der Waals surface area contributed by atoms with Gasteiger partial charge in [0, 0.05) is 10.6 Å². The molecule has 0 aromatic heterocycles. The maximum Gasteiger partial charge on any atom is 0.275 e. The van der Waals surface area contributed by atoms with E-state index in [2.05, 4.69) is 17.1 Å². The summed E-state index contributed by atoms with van der Waals surface area (Å²) in [6.07, 6.45) is 3.22. The van der Waals surface area contributed by atoms with Crippen molar-refractivity contribution in [2.24, 2.45) is 5.10 Å². The largest absolute Gasteiger partial charge is 0.490 e. The topological polar surface area (TPSA) is 59.9 Å². The Morgan fingerprint density at radius 1 is 1.03 bits per heavy atom. The first kappa shape index (κ1) is 21.1. The molecular weight excluding hydrogens is 400 g/mol. The van der Waals surface area contributed by atoms with Crippen LogP contribution < -0.4 is 14.9 Å². The van der Waals surface area contributed by atoms with Crippen LogP contribution in [0.15, 0.2) is 90.6 Å². The molecule has 0 saturated carbocycles. The molecule has 152 valence electrons. The van der Waals surface area contributed by atoms with Crippen molar-refractivity contribution in [2.75, 3.05) is 6.61 Å². The summed E-state index contributed by atoms with van der Waals surface area (Å²) in [4.78, 5) is 12.6. The lowest BCUT2D eigenvalue weighted by Crippen LogP contribution is -2.18. The van der Waals surface area contributed by atoms with Gasteiger partial charge in [0.05, 0.1) is 11.8 Å². The number of ether oxygens (including phenoxy) is 2. The fraction of sp³-hybridized carbons (Fsp3) is 0.0833. The predicted molar refractivity (Wildman–Crippen MR) is 119 cm³/mol. The second kappa shape index (κ2) is 10.8. The molecule has 5 nitrogen and oxygen atoms in total. The Kier molecular flexibility index (Phi) is 7.64. The van der Waals surface area contributed by atoms with Gasteiger partial charge in [-0.05, 0) is 35.9 Å². The summed E-state index contributed by atoms with van der Waals surface area (Å²) in [5, 5.41) is 4.65. The molecule has 0 bridgehead atoms. The first-order chi connectivity index (χ1) is 14.7. The maximum absolute atomic E-state index is 12.6. The SMILES string of the molecule is C=CCOc1cccc(/C=N/NC(=O)c2ccccc2OCc2ccccc2Cl)c1. The van der Waals surface area contributed by atoms with Gasteiger partial charge >= 0.3 is 0 Å². The van der Waals surface area contributed by atoms with Crippen molar-refractivity contribution in [3.63, 3.8) is 0 Å². The summed E-state index contributed by atoms with van der Waals surface area (Å²) in [7, 11) is 0. The standard InChI is InChI=1S/C24H21ClN2O3/c1-2-14-29-20-10-7-8-18(15-20)16-26-27-24(28)21-11-4-6-13-23(21)30-17-19-9-3-5-12-22(19)25/h2-13,15-16H,1,14,17H2,(H,27,28)/b26-16+. The second-order valence-electron chi connectivity index (χ2n) is 6.25. The van der Waals surface area contributed by atoms with E-state index in [0.29, 0.717) is 28.7 Å². The predicted octanol–water partition coefficient (Wildman–Crippen LogP) is 5.25. The van der Waals surface area contributed by atoms with Crippen molar-refractivity contribution in [1.82, 2.24) is 5.43 Å². The van der Waals surface area contributed by atoms with Gasteiger partial charge < -0.3 is 9.47 Å². The number of benzene rings is 3. The van der Waals surface area contributed by atoms with E-state index >= 15 is 0 Å². The van der Waals surface area contributed by atoms with Crippen molar-refractivity contribution >= 4 is 23.7 Å². The van der Waals surface area contributed by atoms with Crippen LogP contribution in [0.1, 0.15) is 21.5 Å². The van der Waals surface area contributed by atoms with E-state index < -0.39 is 0 Å². The third-order valence-electron chi connectivity index (χ3n) is 4.08. The van der Waals surface area contributed by atoms with E-state index in [-0.39, 0.29) is 12.5 Å². The molecule has 0 saturated heterocycles.